The minimum atomic E-state index is 0.209. The molecule has 2 fully saturated rings. The van der Waals surface area contributed by atoms with Crippen LogP contribution in [0.3, 0.4) is 0 Å². The van der Waals surface area contributed by atoms with Crippen molar-refractivity contribution in [2.45, 2.75) is 57.2 Å². The Morgan fingerprint density at radius 1 is 1.32 bits per heavy atom. The zero-order chi connectivity index (χ0) is 13.3. The lowest BCUT2D eigenvalue weighted by Crippen LogP contribution is -2.27. The van der Waals surface area contributed by atoms with Crippen molar-refractivity contribution in [1.82, 2.24) is 0 Å². The molecule has 1 spiro atoms. The van der Waals surface area contributed by atoms with Gasteiger partial charge in [-0.3, -0.25) is 0 Å². The molecule has 3 heteroatoms. The quantitative estimate of drug-likeness (QED) is 0.807. The Labute approximate surface area is 123 Å². The fraction of sp³-hybridized carbons (Fsp3) is 0.625. The molecule has 0 aromatic heterocycles. The van der Waals surface area contributed by atoms with E-state index in [2.05, 4.69) is 28.9 Å². The van der Waals surface area contributed by atoms with E-state index in [1.165, 1.54) is 37.7 Å². The molecule has 3 rings (SSSR count). The second-order valence-corrected chi connectivity index (χ2v) is 6.81. The molecule has 19 heavy (non-hydrogen) atoms. The molecule has 2 aliphatic rings. The van der Waals surface area contributed by atoms with Crippen LogP contribution in [0.2, 0.25) is 0 Å². The molecule has 1 aliphatic heterocycles. The van der Waals surface area contributed by atoms with Crippen LogP contribution in [-0.2, 0) is 4.74 Å². The lowest BCUT2D eigenvalue weighted by Gasteiger charge is -2.24. The third-order valence-electron chi connectivity index (χ3n) is 4.43. The molecule has 0 amide bonds. The van der Waals surface area contributed by atoms with Gasteiger partial charge in [0.15, 0.2) is 0 Å². The van der Waals surface area contributed by atoms with Gasteiger partial charge in [0, 0.05) is 4.47 Å². The van der Waals surface area contributed by atoms with Gasteiger partial charge in [-0.1, -0.05) is 34.8 Å². The summed E-state index contributed by atoms with van der Waals surface area (Å²) in [5.41, 5.74) is 1.39. The smallest absolute Gasteiger partial charge is 0.123 e. The summed E-state index contributed by atoms with van der Waals surface area (Å²) in [6, 6.07) is 6.16. The van der Waals surface area contributed by atoms with Gasteiger partial charge in [0.2, 0.25) is 0 Å². The first-order chi connectivity index (χ1) is 9.17. The maximum absolute atomic E-state index is 6.26. The molecule has 1 atom stereocenters. The normalized spacial score (nSPS) is 25.1. The van der Waals surface area contributed by atoms with Crippen molar-refractivity contribution in [2.24, 2.45) is 0 Å². The number of hydrogen-bond donors (Lipinski definition) is 0. The fourth-order valence-corrected chi connectivity index (χ4v) is 3.65. The Hall–Kier alpha value is -0.540. The minimum absolute atomic E-state index is 0.209. The summed E-state index contributed by atoms with van der Waals surface area (Å²) >= 11 is 3.49. The highest BCUT2D eigenvalue weighted by atomic mass is 79.9. The van der Waals surface area contributed by atoms with E-state index in [0.29, 0.717) is 6.61 Å². The van der Waals surface area contributed by atoms with E-state index in [1.807, 2.05) is 12.1 Å². The first kappa shape index (κ1) is 13.4. The van der Waals surface area contributed by atoms with Gasteiger partial charge in [0.25, 0.3) is 0 Å². The Balaban J connectivity index is 1.57. The average molecular weight is 325 g/mol. The van der Waals surface area contributed by atoms with Crippen molar-refractivity contribution >= 4 is 15.9 Å². The highest BCUT2D eigenvalue weighted by Crippen LogP contribution is 2.43. The van der Waals surface area contributed by atoms with Crippen LogP contribution in [0, 0.1) is 6.92 Å². The van der Waals surface area contributed by atoms with E-state index in [1.54, 1.807) is 0 Å². The van der Waals surface area contributed by atoms with E-state index in [0.717, 1.165) is 16.6 Å². The van der Waals surface area contributed by atoms with E-state index in [9.17, 15) is 0 Å². The van der Waals surface area contributed by atoms with Crippen LogP contribution >= 0.6 is 15.9 Å². The lowest BCUT2D eigenvalue weighted by molar-refractivity contribution is -0.0509. The predicted molar refractivity (Wildman–Crippen MR) is 79.7 cm³/mol. The standard InChI is InChI=1S/C16H21BrO2/c1-12-4-5-13(17)10-15(12)18-11-14-6-9-16(19-14)7-2-3-8-16/h4-5,10,14H,2-3,6-9,11H2,1H3. The fourth-order valence-electron chi connectivity index (χ4n) is 3.31. The number of hydrogen-bond acceptors (Lipinski definition) is 2. The Morgan fingerprint density at radius 2 is 2.11 bits per heavy atom. The van der Waals surface area contributed by atoms with Crippen molar-refractivity contribution in [1.29, 1.82) is 0 Å². The van der Waals surface area contributed by atoms with Gasteiger partial charge in [-0.2, -0.15) is 0 Å². The third-order valence-corrected chi connectivity index (χ3v) is 4.92. The van der Waals surface area contributed by atoms with Gasteiger partial charge < -0.3 is 9.47 Å². The van der Waals surface area contributed by atoms with Gasteiger partial charge in [-0.15, -0.1) is 0 Å². The van der Waals surface area contributed by atoms with Crippen molar-refractivity contribution in [3.05, 3.63) is 28.2 Å². The first-order valence-corrected chi connectivity index (χ1v) is 8.03. The summed E-state index contributed by atoms with van der Waals surface area (Å²) in [6.07, 6.45) is 7.80. The van der Waals surface area contributed by atoms with Crippen LogP contribution < -0.4 is 4.74 Å². The predicted octanol–water partition coefficient (Wildman–Crippen LogP) is 4.63. The summed E-state index contributed by atoms with van der Waals surface area (Å²) in [7, 11) is 0. The molecule has 1 aromatic rings. The van der Waals surface area contributed by atoms with Crippen molar-refractivity contribution in [3.8, 4) is 5.75 Å². The number of ether oxygens (including phenoxy) is 2. The van der Waals surface area contributed by atoms with E-state index >= 15 is 0 Å². The molecular weight excluding hydrogens is 304 g/mol. The van der Waals surface area contributed by atoms with Gasteiger partial charge in [-0.05, 0) is 50.3 Å². The monoisotopic (exact) mass is 324 g/mol. The van der Waals surface area contributed by atoms with E-state index < -0.39 is 0 Å². The van der Waals surface area contributed by atoms with Gasteiger partial charge in [0.1, 0.15) is 12.4 Å². The number of aryl methyl sites for hydroxylation is 1. The highest BCUT2D eigenvalue weighted by Gasteiger charge is 2.42. The van der Waals surface area contributed by atoms with Gasteiger partial charge >= 0.3 is 0 Å². The number of halogens is 1. The zero-order valence-corrected chi connectivity index (χ0v) is 13.0. The SMILES string of the molecule is Cc1ccc(Br)cc1OCC1CCC2(CCCC2)O1. The van der Waals surface area contributed by atoms with Gasteiger partial charge in [-0.25, -0.2) is 0 Å². The summed E-state index contributed by atoms with van der Waals surface area (Å²) in [4.78, 5) is 0. The Morgan fingerprint density at radius 3 is 2.89 bits per heavy atom. The summed E-state index contributed by atoms with van der Waals surface area (Å²) in [5.74, 6) is 0.963. The average Bonchev–Trinajstić information content (AvgIpc) is 3.02. The molecule has 1 saturated heterocycles. The van der Waals surface area contributed by atoms with Crippen molar-refractivity contribution in [2.75, 3.05) is 6.61 Å². The molecule has 0 bridgehead atoms. The maximum atomic E-state index is 6.26. The summed E-state index contributed by atoms with van der Waals surface area (Å²) in [5, 5.41) is 0. The lowest BCUT2D eigenvalue weighted by atomic mass is 9.98. The second-order valence-electron chi connectivity index (χ2n) is 5.89. The molecular formula is C16H21BrO2. The molecule has 1 aliphatic carbocycles. The third kappa shape index (κ3) is 2.97. The zero-order valence-electron chi connectivity index (χ0n) is 11.5. The minimum Gasteiger partial charge on any atom is -0.491 e. The summed E-state index contributed by atoms with van der Waals surface area (Å²) in [6.45, 7) is 2.76. The number of benzene rings is 1. The van der Waals surface area contributed by atoms with Crippen LogP contribution in [0.15, 0.2) is 22.7 Å². The van der Waals surface area contributed by atoms with Crippen molar-refractivity contribution in [3.63, 3.8) is 0 Å². The highest BCUT2D eigenvalue weighted by molar-refractivity contribution is 9.10. The summed E-state index contributed by atoms with van der Waals surface area (Å²) < 4.78 is 13.3. The van der Waals surface area contributed by atoms with Crippen molar-refractivity contribution < 1.29 is 9.47 Å². The molecule has 104 valence electrons. The largest absolute Gasteiger partial charge is 0.491 e. The van der Waals surface area contributed by atoms with Crippen LogP contribution in [0.25, 0.3) is 0 Å². The Kier molecular flexibility index (Phi) is 3.86. The molecule has 1 saturated carbocycles. The van der Waals surface area contributed by atoms with Gasteiger partial charge in [0.05, 0.1) is 11.7 Å². The van der Waals surface area contributed by atoms with Crippen LogP contribution in [0.5, 0.6) is 5.75 Å². The molecule has 2 nitrogen and oxygen atoms in total. The molecule has 0 radical (unpaired) electrons. The maximum Gasteiger partial charge on any atom is 0.123 e. The topological polar surface area (TPSA) is 18.5 Å². The number of rotatable bonds is 3. The van der Waals surface area contributed by atoms with Crippen LogP contribution in [-0.4, -0.2) is 18.3 Å². The Bertz CT molecular complexity index is 452. The molecule has 1 aromatic carbocycles. The van der Waals surface area contributed by atoms with E-state index in [4.69, 9.17) is 9.47 Å². The van der Waals surface area contributed by atoms with Crippen LogP contribution in [0.1, 0.15) is 44.1 Å². The first-order valence-electron chi connectivity index (χ1n) is 7.24. The second kappa shape index (κ2) is 5.45. The molecule has 1 heterocycles. The van der Waals surface area contributed by atoms with E-state index in [-0.39, 0.29) is 11.7 Å². The molecule has 1 unspecified atom stereocenters. The molecule has 0 N–H and O–H groups in total. The van der Waals surface area contributed by atoms with Crippen LogP contribution in [0.4, 0.5) is 0 Å².